The summed E-state index contributed by atoms with van der Waals surface area (Å²) in [4.78, 5) is 26.5. The molecule has 2 aromatic rings. The van der Waals surface area contributed by atoms with Crippen molar-refractivity contribution in [3.63, 3.8) is 0 Å². The normalized spacial score (nSPS) is 19.9. The van der Waals surface area contributed by atoms with Crippen LogP contribution in [-0.2, 0) is 14.3 Å². The second-order valence-electron chi connectivity index (χ2n) is 8.45. The number of carbonyl (C=O) groups is 2. The number of allylic oxidation sites excluding steroid dienone is 3. The summed E-state index contributed by atoms with van der Waals surface area (Å²) in [6, 6.07) is 12.4. The maximum Gasteiger partial charge on any atom is 0.336 e. The fraction of sp³-hybridized carbons (Fsp3) is 0.333. The lowest BCUT2D eigenvalue weighted by molar-refractivity contribution is -0.138. The van der Waals surface area contributed by atoms with E-state index in [0.717, 1.165) is 11.3 Å². The van der Waals surface area contributed by atoms with Gasteiger partial charge in [0.05, 0.1) is 26.4 Å². The molecule has 4 rings (SSSR count). The van der Waals surface area contributed by atoms with Gasteiger partial charge in [-0.05, 0) is 61.6 Å². The van der Waals surface area contributed by atoms with Gasteiger partial charge in [0.15, 0.2) is 17.3 Å². The van der Waals surface area contributed by atoms with Crippen LogP contribution in [0, 0.1) is 0 Å². The van der Waals surface area contributed by atoms with Crippen molar-refractivity contribution in [1.29, 1.82) is 0 Å². The maximum atomic E-state index is 13.6. The lowest BCUT2D eigenvalue weighted by atomic mass is 9.71. The summed E-state index contributed by atoms with van der Waals surface area (Å²) in [5.74, 6) is 0.137. The Morgan fingerprint density at radius 2 is 1.82 bits per heavy atom. The monoisotopic (exact) mass is 463 g/mol. The van der Waals surface area contributed by atoms with Crippen LogP contribution in [0.4, 0.5) is 0 Å². The molecule has 0 bridgehead atoms. The zero-order valence-corrected chi connectivity index (χ0v) is 19.8. The van der Waals surface area contributed by atoms with Crippen LogP contribution in [0.15, 0.2) is 65.0 Å². The summed E-state index contributed by atoms with van der Waals surface area (Å²) in [7, 11) is 3.17. The molecule has 7 nitrogen and oxygen atoms in total. The van der Waals surface area contributed by atoms with Crippen molar-refractivity contribution in [2.75, 3.05) is 20.8 Å². The standard InChI is InChI=1S/C27H29NO6/c1-5-34-27(31)24-15(2)28-20-12-18(16-9-10-22(32-3)23(14-16)33-4)13-21(30)26(20)25(24)17-7-6-8-19(29)11-17/h6-11,14,18,25,28-29H,5,12-13H2,1-4H3. The average Bonchev–Trinajstić information content (AvgIpc) is 2.82. The Labute approximate surface area is 199 Å². The first-order valence-electron chi connectivity index (χ1n) is 11.3. The van der Waals surface area contributed by atoms with Crippen molar-refractivity contribution in [3.8, 4) is 17.2 Å². The molecule has 0 fully saturated rings. The number of hydrogen-bond donors (Lipinski definition) is 2. The number of methoxy groups -OCH3 is 2. The fourth-order valence-corrected chi connectivity index (χ4v) is 4.90. The molecular weight excluding hydrogens is 434 g/mol. The Morgan fingerprint density at radius 3 is 2.50 bits per heavy atom. The third-order valence-corrected chi connectivity index (χ3v) is 6.41. The first-order valence-corrected chi connectivity index (χ1v) is 11.3. The molecule has 1 aliphatic carbocycles. The van der Waals surface area contributed by atoms with Crippen LogP contribution in [0.25, 0.3) is 0 Å². The van der Waals surface area contributed by atoms with Crippen LogP contribution in [0.2, 0.25) is 0 Å². The molecule has 34 heavy (non-hydrogen) atoms. The van der Waals surface area contributed by atoms with Crippen LogP contribution in [0.5, 0.6) is 17.2 Å². The van der Waals surface area contributed by atoms with Gasteiger partial charge in [0.2, 0.25) is 0 Å². The number of rotatable bonds is 6. The smallest absolute Gasteiger partial charge is 0.336 e. The van der Waals surface area contributed by atoms with Gasteiger partial charge >= 0.3 is 5.97 Å². The van der Waals surface area contributed by atoms with Crippen molar-refractivity contribution in [2.45, 2.75) is 38.5 Å². The van der Waals surface area contributed by atoms with Gasteiger partial charge < -0.3 is 24.6 Å². The molecule has 0 saturated heterocycles. The summed E-state index contributed by atoms with van der Waals surface area (Å²) in [5.41, 5.74) is 4.03. The molecule has 2 aromatic carbocycles. The molecule has 0 radical (unpaired) electrons. The van der Waals surface area contributed by atoms with Gasteiger partial charge in [0, 0.05) is 29.3 Å². The SMILES string of the molecule is CCOC(=O)C1=C(C)NC2=C(C(=O)CC(c3ccc(OC)c(OC)c3)C2)C1c1cccc(O)c1. The van der Waals surface area contributed by atoms with E-state index in [1.165, 1.54) is 0 Å². The number of phenols is 1. The number of aromatic hydroxyl groups is 1. The van der Waals surface area contributed by atoms with Crippen molar-refractivity contribution < 1.29 is 28.9 Å². The lowest BCUT2D eigenvalue weighted by Gasteiger charge is -2.36. The highest BCUT2D eigenvalue weighted by molar-refractivity contribution is 6.04. The average molecular weight is 464 g/mol. The molecule has 0 saturated carbocycles. The number of nitrogens with one attached hydrogen (secondary N) is 1. The molecule has 2 aliphatic rings. The zero-order valence-electron chi connectivity index (χ0n) is 19.8. The lowest BCUT2D eigenvalue weighted by Crippen LogP contribution is -2.36. The van der Waals surface area contributed by atoms with Crippen LogP contribution in [0.3, 0.4) is 0 Å². The van der Waals surface area contributed by atoms with Gasteiger partial charge in [0.25, 0.3) is 0 Å². The second-order valence-corrected chi connectivity index (χ2v) is 8.45. The topological polar surface area (TPSA) is 94.1 Å². The van der Waals surface area contributed by atoms with E-state index in [-0.39, 0.29) is 24.1 Å². The minimum atomic E-state index is -0.610. The third kappa shape index (κ3) is 4.25. The van der Waals surface area contributed by atoms with E-state index in [1.807, 2.05) is 31.2 Å². The summed E-state index contributed by atoms with van der Waals surface area (Å²) >= 11 is 0. The number of hydrogen-bond acceptors (Lipinski definition) is 7. The van der Waals surface area contributed by atoms with Gasteiger partial charge in [-0.25, -0.2) is 4.79 Å². The number of carbonyl (C=O) groups excluding carboxylic acids is 2. The number of ketones is 1. The number of esters is 1. The second kappa shape index (κ2) is 9.63. The summed E-state index contributed by atoms with van der Waals surface area (Å²) in [6.45, 7) is 3.79. The van der Waals surface area contributed by atoms with Crippen LogP contribution in [-0.4, -0.2) is 37.7 Å². The van der Waals surface area contributed by atoms with Crippen molar-refractivity contribution in [3.05, 3.63) is 76.1 Å². The van der Waals surface area contributed by atoms with Gasteiger partial charge in [-0.2, -0.15) is 0 Å². The van der Waals surface area contributed by atoms with E-state index in [4.69, 9.17) is 14.2 Å². The fourth-order valence-electron chi connectivity index (χ4n) is 4.90. The molecule has 0 aromatic heterocycles. The van der Waals surface area contributed by atoms with E-state index in [0.29, 0.717) is 46.7 Å². The molecule has 2 unspecified atom stereocenters. The zero-order chi connectivity index (χ0) is 24.4. The van der Waals surface area contributed by atoms with E-state index in [2.05, 4.69) is 5.32 Å². The summed E-state index contributed by atoms with van der Waals surface area (Å²) in [5, 5.41) is 13.4. The molecule has 1 aliphatic heterocycles. The van der Waals surface area contributed by atoms with E-state index in [1.54, 1.807) is 39.3 Å². The highest BCUT2D eigenvalue weighted by Crippen LogP contribution is 2.46. The Kier molecular flexibility index (Phi) is 6.63. The molecule has 0 spiro atoms. The Bertz CT molecular complexity index is 1200. The predicted molar refractivity (Wildman–Crippen MR) is 127 cm³/mol. The Balaban J connectivity index is 1.78. The molecule has 178 valence electrons. The van der Waals surface area contributed by atoms with Crippen LogP contribution in [0.1, 0.15) is 49.7 Å². The number of phenolic OH excluding ortho intramolecular Hbond substituents is 1. The highest BCUT2D eigenvalue weighted by Gasteiger charge is 2.41. The minimum Gasteiger partial charge on any atom is -0.508 e. The number of ether oxygens (including phenoxy) is 3. The maximum absolute atomic E-state index is 13.6. The van der Waals surface area contributed by atoms with Crippen LogP contribution < -0.4 is 14.8 Å². The van der Waals surface area contributed by atoms with Gasteiger partial charge in [-0.15, -0.1) is 0 Å². The molecular formula is C27H29NO6. The van der Waals surface area contributed by atoms with Crippen molar-refractivity contribution >= 4 is 11.8 Å². The van der Waals surface area contributed by atoms with Crippen molar-refractivity contribution in [1.82, 2.24) is 5.32 Å². The Hall–Kier alpha value is -3.74. The number of dihydropyridines is 1. The largest absolute Gasteiger partial charge is 0.508 e. The number of Topliss-reactive ketones (excluding diaryl/α,β-unsaturated/α-hetero) is 1. The van der Waals surface area contributed by atoms with E-state index >= 15 is 0 Å². The van der Waals surface area contributed by atoms with Crippen LogP contribution >= 0.6 is 0 Å². The molecule has 2 N–H and O–H groups in total. The molecule has 1 heterocycles. The number of benzene rings is 2. The summed E-state index contributed by atoms with van der Waals surface area (Å²) < 4.78 is 16.1. The van der Waals surface area contributed by atoms with Gasteiger partial charge in [0.1, 0.15) is 5.75 Å². The Morgan fingerprint density at radius 1 is 1.06 bits per heavy atom. The first kappa shape index (κ1) is 23.4. The van der Waals surface area contributed by atoms with Gasteiger partial charge in [-0.1, -0.05) is 18.2 Å². The van der Waals surface area contributed by atoms with E-state index in [9.17, 15) is 14.7 Å². The quantitative estimate of drug-likeness (QED) is 0.616. The van der Waals surface area contributed by atoms with Crippen molar-refractivity contribution in [2.24, 2.45) is 0 Å². The molecule has 2 atom stereocenters. The third-order valence-electron chi connectivity index (χ3n) is 6.41. The predicted octanol–water partition coefficient (Wildman–Crippen LogP) is 4.33. The summed E-state index contributed by atoms with van der Waals surface area (Å²) in [6.07, 6.45) is 0.889. The first-order chi connectivity index (χ1) is 16.4. The highest BCUT2D eigenvalue weighted by atomic mass is 16.5. The minimum absolute atomic E-state index is 0.0452. The van der Waals surface area contributed by atoms with Gasteiger partial charge in [-0.3, -0.25) is 4.79 Å². The van der Waals surface area contributed by atoms with E-state index < -0.39 is 11.9 Å². The molecule has 7 heteroatoms. The molecule has 0 amide bonds.